The van der Waals surface area contributed by atoms with Crippen molar-refractivity contribution in [1.29, 1.82) is 0 Å². The molecule has 1 aliphatic heterocycles. The molecule has 2 aromatic carbocycles. The van der Waals surface area contributed by atoms with Gasteiger partial charge in [0.1, 0.15) is 11.6 Å². The number of piperidine rings is 1. The zero-order valence-electron chi connectivity index (χ0n) is 18.8. The third-order valence-corrected chi connectivity index (χ3v) is 5.89. The van der Waals surface area contributed by atoms with Crippen molar-refractivity contribution in [3.63, 3.8) is 0 Å². The van der Waals surface area contributed by atoms with E-state index in [9.17, 15) is 23.2 Å². The Hall–Kier alpha value is -3.29. The summed E-state index contributed by atoms with van der Waals surface area (Å²) in [5.41, 5.74) is 2.60. The van der Waals surface area contributed by atoms with E-state index in [4.69, 9.17) is 4.74 Å². The number of amides is 2. The summed E-state index contributed by atoms with van der Waals surface area (Å²) in [7, 11) is 0. The molecule has 0 unspecified atom stereocenters. The van der Waals surface area contributed by atoms with Crippen LogP contribution in [0.5, 0.6) is 0 Å². The zero-order valence-corrected chi connectivity index (χ0v) is 18.8. The van der Waals surface area contributed by atoms with E-state index in [-0.39, 0.29) is 25.3 Å². The van der Waals surface area contributed by atoms with Gasteiger partial charge >= 0.3 is 5.97 Å². The van der Waals surface area contributed by atoms with Gasteiger partial charge in [0.2, 0.25) is 0 Å². The minimum Gasteiger partial charge on any atom is -0.455 e. The lowest BCUT2D eigenvalue weighted by Crippen LogP contribution is -2.41. The number of ether oxygens (including phenoxy) is 1. The van der Waals surface area contributed by atoms with E-state index in [0.29, 0.717) is 18.9 Å². The maximum absolute atomic E-state index is 13.9. The van der Waals surface area contributed by atoms with Crippen molar-refractivity contribution in [1.82, 2.24) is 4.90 Å². The van der Waals surface area contributed by atoms with Gasteiger partial charge in [0.15, 0.2) is 6.61 Å². The number of benzene rings is 2. The summed E-state index contributed by atoms with van der Waals surface area (Å²) >= 11 is 0. The average molecular weight is 459 g/mol. The predicted octanol–water partition coefficient (Wildman–Crippen LogP) is 4.12. The van der Waals surface area contributed by atoms with E-state index in [1.54, 1.807) is 0 Å². The molecule has 0 spiro atoms. The Balaban J connectivity index is 1.50. The van der Waals surface area contributed by atoms with Crippen molar-refractivity contribution in [2.75, 3.05) is 25.0 Å². The van der Waals surface area contributed by atoms with E-state index in [1.165, 1.54) is 4.90 Å². The summed E-state index contributed by atoms with van der Waals surface area (Å²) in [5.74, 6) is -3.56. The Kier molecular flexibility index (Phi) is 8.14. The first kappa shape index (κ1) is 24.4. The number of hydrogen-bond donors (Lipinski definition) is 1. The van der Waals surface area contributed by atoms with Crippen molar-refractivity contribution < 1.29 is 27.9 Å². The number of nitrogens with one attached hydrogen (secondary N) is 1. The number of halogens is 2. The van der Waals surface area contributed by atoms with Gasteiger partial charge in [-0.15, -0.1) is 0 Å². The number of aryl methyl sites for hydroxylation is 2. The van der Waals surface area contributed by atoms with Crippen molar-refractivity contribution in [3.8, 4) is 0 Å². The lowest BCUT2D eigenvalue weighted by molar-refractivity contribution is -0.152. The van der Waals surface area contributed by atoms with E-state index in [0.717, 1.165) is 41.8 Å². The van der Waals surface area contributed by atoms with Crippen LogP contribution in [-0.2, 0) is 27.2 Å². The smallest absolute Gasteiger partial charge is 0.309 e. The van der Waals surface area contributed by atoms with Crippen molar-refractivity contribution >= 4 is 23.5 Å². The van der Waals surface area contributed by atoms with Gasteiger partial charge in [-0.2, -0.15) is 0 Å². The largest absolute Gasteiger partial charge is 0.455 e. The van der Waals surface area contributed by atoms with Gasteiger partial charge in [-0.3, -0.25) is 14.4 Å². The molecule has 0 saturated carbocycles. The summed E-state index contributed by atoms with van der Waals surface area (Å²) in [4.78, 5) is 38.7. The Morgan fingerprint density at radius 2 is 1.67 bits per heavy atom. The Bertz CT molecular complexity index is 1010. The van der Waals surface area contributed by atoms with Crippen molar-refractivity contribution in [2.45, 2.75) is 39.5 Å². The van der Waals surface area contributed by atoms with Gasteiger partial charge in [0, 0.05) is 24.8 Å². The number of carbonyl (C=O) groups excluding carboxylic acids is 3. The van der Waals surface area contributed by atoms with Crippen LogP contribution in [0.2, 0.25) is 0 Å². The van der Waals surface area contributed by atoms with E-state index >= 15 is 0 Å². The van der Waals surface area contributed by atoms with Crippen molar-refractivity contribution in [3.05, 3.63) is 64.7 Å². The lowest BCUT2D eigenvalue weighted by Gasteiger charge is -2.31. The fraction of sp³-hybridized carbons (Fsp3) is 0.400. The fourth-order valence-electron chi connectivity index (χ4n) is 3.98. The van der Waals surface area contributed by atoms with E-state index < -0.39 is 35.3 Å². The van der Waals surface area contributed by atoms with Crippen LogP contribution in [0.4, 0.5) is 14.5 Å². The van der Waals surface area contributed by atoms with E-state index in [1.807, 2.05) is 32.0 Å². The number of nitrogens with zero attached hydrogens (tertiary/aromatic N) is 1. The maximum Gasteiger partial charge on any atom is 0.309 e. The Morgan fingerprint density at radius 3 is 2.24 bits per heavy atom. The van der Waals surface area contributed by atoms with E-state index in [2.05, 4.69) is 5.32 Å². The van der Waals surface area contributed by atoms with Crippen LogP contribution in [0.25, 0.3) is 0 Å². The molecule has 6 nitrogen and oxygen atoms in total. The molecule has 176 valence electrons. The normalized spacial score (nSPS) is 14.1. The molecule has 1 aliphatic rings. The molecule has 1 N–H and O–H groups in total. The molecule has 0 radical (unpaired) electrons. The molecular weight excluding hydrogens is 430 g/mol. The van der Waals surface area contributed by atoms with Crippen LogP contribution < -0.4 is 5.32 Å². The van der Waals surface area contributed by atoms with Crippen LogP contribution >= 0.6 is 0 Å². The highest BCUT2D eigenvalue weighted by Gasteiger charge is 2.30. The number of carbonyl (C=O) groups is 3. The third kappa shape index (κ3) is 5.94. The van der Waals surface area contributed by atoms with Gasteiger partial charge in [-0.05, 0) is 48.9 Å². The molecule has 0 bridgehead atoms. The van der Waals surface area contributed by atoms with Gasteiger partial charge in [0.25, 0.3) is 11.8 Å². The number of para-hydroxylation sites is 1. The maximum atomic E-state index is 13.9. The van der Waals surface area contributed by atoms with Crippen LogP contribution in [0.1, 0.15) is 48.2 Å². The molecule has 0 aromatic heterocycles. The number of rotatable bonds is 7. The molecule has 0 aliphatic carbocycles. The van der Waals surface area contributed by atoms with Crippen molar-refractivity contribution in [2.24, 2.45) is 5.92 Å². The quantitative estimate of drug-likeness (QED) is 0.634. The molecule has 2 aromatic rings. The lowest BCUT2D eigenvalue weighted by atomic mass is 9.96. The van der Waals surface area contributed by atoms with Gasteiger partial charge in [-0.25, -0.2) is 8.78 Å². The minimum atomic E-state index is -0.913. The second kappa shape index (κ2) is 11.0. The topological polar surface area (TPSA) is 75.7 Å². The highest BCUT2D eigenvalue weighted by Crippen LogP contribution is 2.24. The second-order valence-electron chi connectivity index (χ2n) is 8.00. The van der Waals surface area contributed by atoms with Crippen LogP contribution in [0.3, 0.4) is 0 Å². The zero-order chi connectivity index (χ0) is 24.0. The number of hydrogen-bond acceptors (Lipinski definition) is 4. The monoisotopic (exact) mass is 458 g/mol. The Labute approximate surface area is 191 Å². The summed E-state index contributed by atoms with van der Waals surface area (Å²) in [6.07, 6.45) is 2.21. The molecule has 8 heteroatoms. The number of esters is 1. The molecular formula is C25H28F2N2O4. The average Bonchev–Trinajstić information content (AvgIpc) is 2.82. The van der Waals surface area contributed by atoms with Gasteiger partial charge < -0.3 is 15.0 Å². The first-order chi connectivity index (χ1) is 15.8. The minimum absolute atomic E-state index is 0.201. The van der Waals surface area contributed by atoms with Crippen LogP contribution in [0.15, 0.2) is 36.4 Å². The third-order valence-electron chi connectivity index (χ3n) is 5.89. The Morgan fingerprint density at radius 1 is 1.03 bits per heavy atom. The first-order valence-corrected chi connectivity index (χ1v) is 11.2. The number of likely N-dealkylation sites (tertiary alicyclic amines) is 1. The van der Waals surface area contributed by atoms with Crippen LogP contribution in [0, 0.1) is 17.6 Å². The molecule has 0 atom stereocenters. The fourth-order valence-corrected chi connectivity index (χ4v) is 3.98. The van der Waals surface area contributed by atoms with Crippen LogP contribution in [-0.4, -0.2) is 42.4 Å². The second-order valence-corrected chi connectivity index (χ2v) is 8.00. The molecule has 1 fully saturated rings. The van der Waals surface area contributed by atoms with Gasteiger partial charge in [-0.1, -0.05) is 32.0 Å². The SMILES string of the molecule is CCc1cccc(CC)c1NC(=O)COC(=O)C1CCN(C(=O)c2ccc(F)cc2F)CC1. The summed E-state index contributed by atoms with van der Waals surface area (Å²) < 4.78 is 32.2. The standard InChI is InChI=1S/C25H28F2N2O4/c1-3-16-6-5-7-17(4-2)23(16)28-22(30)15-33-25(32)18-10-12-29(13-11-18)24(31)20-9-8-19(26)14-21(20)27/h5-9,14,18H,3-4,10-13,15H2,1-2H3,(H,28,30). The highest BCUT2D eigenvalue weighted by atomic mass is 19.1. The summed E-state index contributed by atoms with van der Waals surface area (Å²) in [6.45, 7) is 4.11. The first-order valence-electron chi connectivity index (χ1n) is 11.2. The van der Waals surface area contributed by atoms with Gasteiger partial charge in [0.05, 0.1) is 11.5 Å². The highest BCUT2D eigenvalue weighted by molar-refractivity contribution is 5.95. The molecule has 33 heavy (non-hydrogen) atoms. The molecule has 1 saturated heterocycles. The number of anilines is 1. The summed E-state index contributed by atoms with van der Waals surface area (Å²) in [5, 5.41) is 2.86. The summed E-state index contributed by atoms with van der Waals surface area (Å²) in [6, 6.07) is 8.68. The molecule has 2 amide bonds. The molecule has 1 heterocycles. The molecule has 3 rings (SSSR count). The predicted molar refractivity (Wildman–Crippen MR) is 120 cm³/mol.